The molecule has 11 heavy (non-hydrogen) atoms. The van der Waals surface area contributed by atoms with E-state index in [4.69, 9.17) is 0 Å². The number of rotatable bonds is 1. The van der Waals surface area contributed by atoms with Crippen LogP contribution >= 0.6 is 0 Å². The van der Waals surface area contributed by atoms with Crippen molar-refractivity contribution >= 4 is 0 Å². The van der Waals surface area contributed by atoms with Gasteiger partial charge in [-0.05, 0) is 23.7 Å². The van der Waals surface area contributed by atoms with Gasteiger partial charge in [0.05, 0.1) is 6.20 Å². The van der Waals surface area contributed by atoms with Crippen LogP contribution in [-0.4, -0.2) is 11.9 Å². The number of nitrogens with zero attached hydrogens (tertiary/aromatic N) is 2. The Kier molecular flexibility index (Phi) is 2.21. The molecule has 0 bridgehead atoms. The molecule has 1 heterocycles. The van der Waals surface area contributed by atoms with Crippen LogP contribution in [0.4, 0.5) is 0 Å². The second kappa shape index (κ2) is 3.14. The van der Waals surface area contributed by atoms with Crippen molar-refractivity contribution in [2.24, 2.45) is 5.18 Å². The summed E-state index contributed by atoms with van der Waals surface area (Å²) in [6.45, 7) is 1.94. The Hall–Kier alpha value is -1.38. The molecule has 0 amide bonds. The highest BCUT2D eigenvalue weighted by Gasteiger charge is 2.01. The molecule has 0 radical (unpaired) electrons. The maximum atomic E-state index is 9.90. The number of hydrogen-bond donors (Lipinski definition) is 0. The van der Waals surface area contributed by atoms with Crippen LogP contribution < -0.4 is 0 Å². The monoisotopic (exact) mass is 150 g/mol. The largest absolute Gasteiger partial charge is 0.357 e. The highest BCUT2D eigenvalue weighted by molar-refractivity contribution is 5.40. The van der Waals surface area contributed by atoms with E-state index >= 15 is 0 Å². The molecule has 3 heteroatoms. The lowest BCUT2D eigenvalue weighted by molar-refractivity contribution is 0.613. The Balaban J connectivity index is 2.88. The fourth-order valence-electron chi connectivity index (χ4n) is 0.954. The third-order valence-corrected chi connectivity index (χ3v) is 1.53. The molecule has 0 spiro atoms. The van der Waals surface area contributed by atoms with Gasteiger partial charge in [-0.15, -0.1) is 4.91 Å². The summed E-state index contributed by atoms with van der Waals surface area (Å²) in [6.07, 6.45) is 6.99. The van der Waals surface area contributed by atoms with Crippen molar-refractivity contribution in [3.05, 3.63) is 40.7 Å². The first kappa shape index (κ1) is 7.72. The van der Waals surface area contributed by atoms with Crippen LogP contribution in [0.2, 0.25) is 0 Å². The highest BCUT2D eigenvalue weighted by Crippen LogP contribution is 2.16. The smallest absolute Gasteiger partial charge is 0.0790 e. The van der Waals surface area contributed by atoms with E-state index in [2.05, 4.69) is 5.18 Å². The molecule has 0 aromatic carbocycles. The third kappa shape index (κ3) is 1.77. The fraction of sp³-hybridized carbons (Fsp3) is 0.250. The normalized spacial score (nSPS) is 20.4. The molecule has 3 nitrogen and oxygen atoms in total. The van der Waals surface area contributed by atoms with Crippen molar-refractivity contribution < 1.29 is 0 Å². The Bertz CT molecular complexity index is 251. The van der Waals surface area contributed by atoms with Crippen LogP contribution in [-0.2, 0) is 0 Å². The first-order valence-corrected chi connectivity index (χ1v) is 3.35. The van der Waals surface area contributed by atoms with Crippen molar-refractivity contribution in [2.75, 3.05) is 7.05 Å². The molecule has 0 saturated heterocycles. The van der Waals surface area contributed by atoms with Gasteiger partial charge in [-0.25, -0.2) is 0 Å². The van der Waals surface area contributed by atoms with Crippen LogP contribution in [0.3, 0.4) is 0 Å². The van der Waals surface area contributed by atoms with Crippen molar-refractivity contribution in [1.29, 1.82) is 0 Å². The standard InChI is InChI=1S/C8H10N2O/c1-7-6-10(2)4-3-8(7)5-9-11/h3-6H,1-2H3. The predicted octanol–water partition coefficient (Wildman–Crippen LogP) is 2.00. The predicted molar refractivity (Wildman–Crippen MR) is 44.5 cm³/mol. The van der Waals surface area contributed by atoms with Gasteiger partial charge in [-0.1, -0.05) is 0 Å². The SMILES string of the molecule is CC1=CN(C)C=CC1=CN=O. The lowest BCUT2D eigenvalue weighted by Crippen LogP contribution is -2.06. The van der Waals surface area contributed by atoms with Crippen LogP contribution in [0.1, 0.15) is 6.92 Å². The third-order valence-electron chi connectivity index (χ3n) is 1.53. The summed E-state index contributed by atoms with van der Waals surface area (Å²) in [5, 5.41) is 2.71. The fourth-order valence-corrected chi connectivity index (χ4v) is 0.954. The van der Waals surface area contributed by atoms with Crippen LogP contribution in [0.5, 0.6) is 0 Å². The van der Waals surface area contributed by atoms with E-state index in [0.717, 1.165) is 11.1 Å². The van der Waals surface area contributed by atoms with Crippen LogP contribution in [0, 0.1) is 4.91 Å². The summed E-state index contributed by atoms with van der Waals surface area (Å²) in [4.78, 5) is 11.8. The van der Waals surface area contributed by atoms with Gasteiger partial charge in [0.25, 0.3) is 0 Å². The van der Waals surface area contributed by atoms with Gasteiger partial charge >= 0.3 is 0 Å². The van der Waals surface area contributed by atoms with Crippen molar-refractivity contribution in [1.82, 2.24) is 4.90 Å². The van der Waals surface area contributed by atoms with Gasteiger partial charge < -0.3 is 4.90 Å². The van der Waals surface area contributed by atoms with Gasteiger partial charge in [0.2, 0.25) is 0 Å². The second-order valence-corrected chi connectivity index (χ2v) is 2.48. The molecule has 0 fully saturated rings. The molecule has 58 valence electrons. The molecule has 0 N–H and O–H groups in total. The van der Waals surface area contributed by atoms with Crippen molar-refractivity contribution in [3.63, 3.8) is 0 Å². The molecule has 0 aliphatic carbocycles. The second-order valence-electron chi connectivity index (χ2n) is 2.48. The first-order valence-electron chi connectivity index (χ1n) is 3.35. The van der Waals surface area contributed by atoms with Gasteiger partial charge in [-0.3, -0.25) is 0 Å². The van der Waals surface area contributed by atoms with Crippen LogP contribution in [0.25, 0.3) is 0 Å². The molecular weight excluding hydrogens is 140 g/mol. The van der Waals surface area contributed by atoms with E-state index in [1.807, 2.05) is 37.3 Å². The molecule has 1 aliphatic heterocycles. The molecular formula is C8H10N2O. The van der Waals surface area contributed by atoms with Gasteiger partial charge in [0.15, 0.2) is 0 Å². The molecule has 0 unspecified atom stereocenters. The molecule has 0 aromatic rings. The van der Waals surface area contributed by atoms with E-state index in [0.29, 0.717) is 0 Å². The first-order chi connectivity index (χ1) is 5.24. The van der Waals surface area contributed by atoms with E-state index in [1.165, 1.54) is 6.20 Å². The molecule has 1 rings (SSSR count). The maximum absolute atomic E-state index is 9.90. The van der Waals surface area contributed by atoms with Gasteiger partial charge in [0.1, 0.15) is 0 Å². The average molecular weight is 150 g/mol. The molecule has 0 atom stereocenters. The summed E-state index contributed by atoms with van der Waals surface area (Å²) in [7, 11) is 1.94. The van der Waals surface area contributed by atoms with E-state index in [-0.39, 0.29) is 0 Å². The summed E-state index contributed by atoms with van der Waals surface area (Å²) < 4.78 is 0. The van der Waals surface area contributed by atoms with Crippen molar-refractivity contribution in [3.8, 4) is 0 Å². The number of nitroso groups, excluding NO2 is 1. The molecule has 0 aromatic heterocycles. The summed E-state index contributed by atoms with van der Waals surface area (Å²) >= 11 is 0. The molecule has 1 aliphatic rings. The van der Waals surface area contributed by atoms with E-state index in [1.54, 1.807) is 0 Å². The lowest BCUT2D eigenvalue weighted by atomic mass is 10.1. The van der Waals surface area contributed by atoms with Crippen molar-refractivity contribution in [2.45, 2.75) is 6.92 Å². The Morgan fingerprint density at radius 2 is 2.36 bits per heavy atom. The summed E-state index contributed by atoms with van der Waals surface area (Å²) in [5.41, 5.74) is 1.92. The zero-order chi connectivity index (χ0) is 8.27. The maximum Gasteiger partial charge on any atom is 0.0790 e. The van der Waals surface area contributed by atoms with E-state index < -0.39 is 0 Å². The minimum Gasteiger partial charge on any atom is -0.357 e. The van der Waals surface area contributed by atoms with Gasteiger partial charge in [0, 0.05) is 25.0 Å². The highest BCUT2D eigenvalue weighted by atomic mass is 16.2. The Morgan fingerprint density at radius 1 is 1.64 bits per heavy atom. The topological polar surface area (TPSA) is 32.7 Å². The zero-order valence-corrected chi connectivity index (χ0v) is 6.61. The summed E-state index contributed by atoms with van der Waals surface area (Å²) in [6, 6.07) is 0. The van der Waals surface area contributed by atoms with Gasteiger partial charge in [-0.2, -0.15) is 0 Å². The lowest BCUT2D eigenvalue weighted by Gasteiger charge is -2.15. The molecule has 0 saturated carbocycles. The minimum absolute atomic E-state index is 0.873. The average Bonchev–Trinajstić information content (AvgIpc) is 1.95. The Morgan fingerprint density at radius 3 is 2.91 bits per heavy atom. The minimum atomic E-state index is 0.873. The summed E-state index contributed by atoms with van der Waals surface area (Å²) in [5.74, 6) is 0. The van der Waals surface area contributed by atoms with Crippen LogP contribution in [0.15, 0.2) is 41.0 Å². The number of hydrogen-bond acceptors (Lipinski definition) is 3. The zero-order valence-electron chi connectivity index (χ0n) is 6.61. The number of allylic oxidation sites excluding steroid dienone is 3. The van der Waals surface area contributed by atoms with E-state index in [9.17, 15) is 4.91 Å². The quantitative estimate of drug-likeness (QED) is 0.535. The Labute approximate surface area is 65.7 Å².